The topological polar surface area (TPSA) is 45.1 Å². The van der Waals surface area contributed by atoms with Gasteiger partial charge in [0, 0.05) is 25.7 Å². The number of nitrogens with zero attached hydrogens (tertiary/aromatic N) is 3. The van der Waals surface area contributed by atoms with Gasteiger partial charge < -0.3 is 14.5 Å². The summed E-state index contributed by atoms with van der Waals surface area (Å²) < 4.78 is 45.6. The van der Waals surface area contributed by atoms with Gasteiger partial charge in [-0.05, 0) is 48.7 Å². The molecule has 1 fully saturated rings. The van der Waals surface area contributed by atoms with Crippen LogP contribution in [-0.4, -0.2) is 47.2 Å². The number of amidine groups is 1. The molecule has 1 unspecified atom stereocenters. The van der Waals surface area contributed by atoms with Crippen LogP contribution in [0.4, 0.5) is 18.9 Å². The highest BCUT2D eigenvalue weighted by molar-refractivity contribution is 7.12. The van der Waals surface area contributed by atoms with Crippen molar-refractivity contribution in [3.05, 3.63) is 76.0 Å². The predicted octanol–water partition coefficient (Wildman–Crippen LogP) is 5.80. The standard InChI is InChI=1S/C24H20F3N3O2S/c1-15-14-29(10-11-30(15)23(31)21-7-4-12-33-21)22-17-5-2-3-6-19(17)32-20-13-16(24(25,26)27)8-9-18(20)28-22/h2-9,12-13,15H,10-11,14H2,1H3. The maximum atomic E-state index is 13.2. The first kappa shape index (κ1) is 21.5. The normalized spacial score (nSPS) is 18.1. The number of benzene rings is 2. The molecule has 33 heavy (non-hydrogen) atoms. The molecule has 0 aliphatic carbocycles. The Hall–Kier alpha value is -3.33. The Morgan fingerprint density at radius 3 is 2.64 bits per heavy atom. The zero-order valence-corrected chi connectivity index (χ0v) is 18.5. The highest BCUT2D eigenvalue weighted by Crippen LogP contribution is 2.42. The molecule has 2 aliphatic rings. The number of ether oxygens (including phenoxy) is 1. The highest BCUT2D eigenvalue weighted by Gasteiger charge is 2.34. The minimum absolute atomic E-state index is 0.00807. The molecule has 5 rings (SSSR count). The van der Waals surface area contributed by atoms with E-state index < -0.39 is 11.7 Å². The molecule has 0 N–H and O–H groups in total. The summed E-state index contributed by atoms with van der Waals surface area (Å²) in [6, 6.07) is 14.1. The van der Waals surface area contributed by atoms with Gasteiger partial charge in [0.05, 0.1) is 16.0 Å². The molecule has 1 saturated heterocycles. The van der Waals surface area contributed by atoms with Crippen molar-refractivity contribution < 1.29 is 22.7 Å². The number of amides is 1. The van der Waals surface area contributed by atoms with E-state index in [1.807, 2.05) is 41.5 Å². The van der Waals surface area contributed by atoms with E-state index >= 15 is 0 Å². The largest absolute Gasteiger partial charge is 0.454 e. The molecular formula is C24H20F3N3O2S. The van der Waals surface area contributed by atoms with E-state index in [0.29, 0.717) is 47.3 Å². The van der Waals surface area contributed by atoms with E-state index in [1.165, 1.54) is 17.4 Å². The van der Waals surface area contributed by atoms with Gasteiger partial charge in [0.15, 0.2) is 5.75 Å². The number of thiophene rings is 1. The van der Waals surface area contributed by atoms with Gasteiger partial charge in [-0.25, -0.2) is 4.99 Å². The van der Waals surface area contributed by atoms with E-state index in [9.17, 15) is 18.0 Å². The van der Waals surface area contributed by atoms with Gasteiger partial charge in [0.2, 0.25) is 0 Å². The molecule has 9 heteroatoms. The maximum absolute atomic E-state index is 13.2. The molecule has 2 aliphatic heterocycles. The fraction of sp³-hybridized carbons (Fsp3) is 0.250. The van der Waals surface area contributed by atoms with Gasteiger partial charge in [-0.1, -0.05) is 18.2 Å². The third-order valence-electron chi connectivity index (χ3n) is 5.78. The molecule has 0 bridgehead atoms. The van der Waals surface area contributed by atoms with Crippen LogP contribution in [0.15, 0.2) is 65.0 Å². The highest BCUT2D eigenvalue weighted by atomic mass is 32.1. The van der Waals surface area contributed by atoms with Crippen LogP contribution >= 0.6 is 11.3 Å². The Morgan fingerprint density at radius 2 is 1.91 bits per heavy atom. The maximum Gasteiger partial charge on any atom is 0.416 e. The fourth-order valence-electron chi connectivity index (χ4n) is 4.13. The zero-order valence-electron chi connectivity index (χ0n) is 17.7. The number of hydrogen-bond acceptors (Lipinski definition) is 5. The number of aliphatic imine (C=N–C) groups is 1. The van der Waals surface area contributed by atoms with E-state index in [2.05, 4.69) is 4.90 Å². The first-order chi connectivity index (χ1) is 15.8. The number of rotatable bonds is 1. The average Bonchev–Trinajstić information content (AvgIpc) is 3.27. The number of fused-ring (bicyclic) bond motifs is 2. The third-order valence-corrected chi connectivity index (χ3v) is 6.64. The molecule has 0 saturated carbocycles. The molecule has 3 aromatic rings. The van der Waals surface area contributed by atoms with Gasteiger partial charge in [0.1, 0.15) is 17.3 Å². The Morgan fingerprint density at radius 1 is 1.09 bits per heavy atom. The number of para-hydroxylation sites is 1. The number of alkyl halides is 3. The molecular weight excluding hydrogens is 451 g/mol. The molecule has 1 aromatic heterocycles. The second-order valence-corrected chi connectivity index (χ2v) is 8.93. The Kier molecular flexibility index (Phi) is 5.36. The van der Waals surface area contributed by atoms with Crippen LogP contribution in [0.5, 0.6) is 11.5 Å². The van der Waals surface area contributed by atoms with Gasteiger partial charge in [-0.15, -0.1) is 11.3 Å². The smallest absolute Gasteiger partial charge is 0.416 e. The third kappa shape index (κ3) is 4.08. The summed E-state index contributed by atoms with van der Waals surface area (Å²) >= 11 is 1.42. The molecule has 2 aromatic carbocycles. The quantitative estimate of drug-likeness (QED) is 0.451. The summed E-state index contributed by atoms with van der Waals surface area (Å²) in [4.78, 5) is 22.2. The number of halogens is 3. The lowest BCUT2D eigenvalue weighted by Gasteiger charge is -2.41. The Labute approximate surface area is 192 Å². The first-order valence-electron chi connectivity index (χ1n) is 10.5. The zero-order chi connectivity index (χ0) is 23.2. The van der Waals surface area contributed by atoms with Crippen LogP contribution in [0.1, 0.15) is 27.7 Å². The lowest BCUT2D eigenvalue weighted by molar-refractivity contribution is -0.137. The second kappa shape index (κ2) is 8.22. The van der Waals surface area contributed by atoms with Crippen molar-refractivity contribution in [2.45, 2.75) is 19.1 Å². The Balaban J connectivity index is 1.48. The second-order valence-electron chi connectivity index (χ2n) is 7.98. The summed E-state index contributed by atoms with van der Waals surface area (Å²) in [5.41, 5.74) is 0.248. The van der Waals surface area contributed by atoms with Gasteiger partial charge in [-0.2, -0.15) is 13.2 Å². The summed E-state index contributed by atoms with van der Waals surface area (Å²) in [5, 5.41) is 1.88. The van der Waals surface area contributed by atoms with Crippen molar-refractivity contribution in [2.75, 3.05) is 19.6 Å². The first-order valence-corrected chi connectivity index (χ1v) is 11.4. The summed E-state index contributed by atoms with van der Waals surface area (Å²) in [6.07, 6.45) is -4.47. The van der Waals surface area contributed by atoms with Gasteiger partial charge >= 0.3 is 6.18 Å². The van der Waals surface area contributed by atoms with Gasteiger partial charge in [0.25, 0.3) is 5.91 Å². The van der Waals surface area contributed by atoms with Crippen molar-refractivity contribution in [2.24, 2.45) is 4.99 Å². The fourth-order valence-corrected chi connectivity index (χ4v) is 4.81. The summed E-state index contributed by atoms with van der Waals surface area (Å²) in [7, 11) is 0. The van der Waals surface area contributed by atoms with E-state index in [1.54, 1.807) is 12.1 Å². The van der Waals surface area contributed by atoms with Crippen LogP contribution in [0, 0.1) is 0 Å². The van der Waals surface area contributed by atoms with Crippen molar-refractivity contribution in [3.8, 4) is 11.5 Å². The monoisotopic (exact) mass is 471 g/mol. The number of piperazine rings is 1. The lowest BCUT2D eigenvalue weighted by Crippen LogP contribution is -2.55. The minimum atomic E-state index is -4.47. The molecule has 1 atom stereocenters. The van der Waals surface area contributed by atoms with Crippen molar-refractivity contribution in [1.29, 1.82) is 0 Å². The van der Waals surface area contributed by atoms with Crippen molar-refractivity contribution in [3.63, 3.8) is 0 Å². The summed E-state index contributed by atoms with van der Waals surface area (Å²) in [6.45, 7) is 3.59. The van der Waals surface area contributed by atoms with Crippen LogP contribution in [0.3, 0.4) is 0 Å². The molecule has 170 valence electrons. The van der Waals surface area contributed by atoms with Crippen LogP contribution < -0.4 is 4.74 Å². The van der Waals surface area contributed by atoms with Crippen molar-refractivity contribution >= 4 is 28.8 Å². The molecule has 3 heterocycles. The minimum Gasteiger partial charge on any atom is -0.454 e. The van der Waals surface area contributed by atoms with Crippen LogP contribution in [0.2, 0.25) is 0 Å². The number of hydrogen-bond donors (Lipinski definition) is 0. The van der Waals surface area contributed by atoms with Gasteiger partial charge in [-0.3, -0.25) is 4.79 Å². The van der Waals surface area contributed by atoms with E-state index in [0.717, 1.165) is 12.1 Å². The molecule has 0 spiro atoms. The van der Waals surface area contributed by atoms with Crippen LogP contribution in [-0.2, 0) is 6.18 Å². The number of carbonyl (C=O) groups is 1. The lowest BCUT2D eigenvalue weighted by atomic mass is 10.1. The molecule has 1 amide bonds. The SMILES string of the molecule is CC1CN(C2=Nc3ccc(C(F)(F)F)cc3Oc3ccccc32)CCN1C(=O)c1cccs1. The van der Waals surface area contributed by atoms with Crippen molar-refractivity contribution in [1.82, 2.24) is 9.80 Å². The average molecular weight is 472 g/mol. The number of carbonyl (C=O) groups excluding carboxylic acids is 1. The van der Waals surface area contributed by atoms with E-state index in [-0.39, 0.29) is 17.7 Å². The molecule has 0 radical (unpaired) electrons. The van der Waals surface area contributed by atoms with Crippen LogP contribution in [0.25, 0.3) is 0 Å². The van der Waals surface area contributed by atoms with E-state index in [4.69, 9.17) is 9.73 Å². The predicted molar refractivity (Wildman–Crippen MR) is 121 cm³/mol. The molecule has 5 nitrogen and oxygen atoms in total. The summed E-state index contributed by atoms with van der Waals surface area (Å²) in [5.74, 6) is 1.14. The Bertz CT molecular complexity index is 1220.